The van der Waals surface area contributed by atoms with Gasteiger partial charge < -0.3 is 10.6 Å². The number of hydrogen-bond donors (Lipinski definition) is 2. The van der Waals surface area contributed by atoms with Crippen molar-refractivity contribution in [3.05, 3.63) is 63.9 Å². The third-order valence-corrected chi connectivity index (χ3v) is 5.60. The van der Waals surface area contributed by atoms with Gasteiger partial charge in [-0.3, -0.25) is 4.99 Å². The molecule has 0 saturated heterocycles. The van der Waals surface area contributed by atoms with E-state index < -0.39 is 0 Å². The lowest BCUT2D eigenvalue weighted by atomic mass is 10.1. The Morgan fingerprint density at radius 2 is 2.00 bits per heavy atom. The highest BCUT2D eigenvalue weighted by Gasteiger charge is 2.08. The highest BCUT2D eigenvalue weighted by molar-refractivity contribution is 7.09. The van der Waals surface area contributed by atoms with Crippen molar-refractivity contribution < 1.29 is 0 Å². The van der Waals surface area contributed by atoms with Crippen molar-refractivity contribution in [1.82, 2.24) is 25.4 Å². The van der Waals surface area contributed by atoms with Gasteiger partial charge in [-0.25, -0.2) is 9.67 Å². The highest BCUT2D eigenvalue weighted by Crippen LogP contribution is 2.17. The minimum atomic E-state index is 0.465. The monoisotopic (exact) mass is 410 g/mol. The van der Waals surface area contributed by atoms with Crippen molar-refractivity contribution in [2.75, 3.05) is 13.6 Å². The molecule has 154 valence electrons. The minimum absolute atomic E-state index is 0.465. The van der Waals surface area contributed by atoms with E-state index in [9.17, 15) is 0 Å². The van der Waals surface area contributed by atoms with E-state index in [1.807, 2.05) is 22.9 Å². The predicted octanol–water partition coefficient (Wildman–Crippen LogP) is 4.06. The lowest BCUT2D eigenvalue weighted by Crippen LogP contribution is -2.37. The summed E-state index contributed by atoms with van der Waals surface area (Å²) in [6.07, 6.45) is 4.12. The number of aromatic nitrogens is 3. The number of aryl methyl sites for hydroxylation is 2. The Labute approximate surface area is 177 Å². The van der Waals surface area contributed by atoms with Crippen LogP contribution in [0.4, 0.5) is 0 Å². The average molecular weight is 411 g/mol. The summed E-state index contributed by atoms with van der Waals surface area (Å²) in [5.74, 6) is 1.27. The molecule has 0 fully saturated rings. The first kappa shape index (κ1) is 21.0. The molecule has 2 heterocycles. The molecular weight excluding hydrogens is 380 g/mol. The van der Waals surface area contributed by atoms with Gasteiger partial charge in [0, 0.05) is 25.2 Å². The fraction of sp³-hybridized carbons (Fsp3) is 0.409. The Kier molecular flexibility index (Phi) is 7.41. The molecule has 0 aliphatic carbocycles. The van der Waals surface area contributed by atoms with Crippen molar-refractivity contribution in [3.8, 4) is 5.69 Å². The second kappa shape index (κ2) is 10.2. The van der Waals surface area contributed by atoms with Crippen LogP contribution in [0.1, 0.15) is 48.1 Å². The van der Waals surface area contributed by atoms with E-state index in [0.717, 1.165) is 47.4 Å². The molecule has 0 radical (unpaired) electrons. The van der Waals surface area contributed by atoms with Gasteiger partial charge in [0.05, 0.1) is 23.6 Å². The number of hydrogen-bond acceptors (Lipinski definition) is 4. The lowest BCUT2D eigenvalue weighted by molar-refractivity contribution is 0.737. The minimum Gasteiger partial charge on any atom is -0.356 e. The van der Waals surface area contributed by atoms with Gasteiger partial charge in [-0.1, -0.05) is 32.0 Å². The largest absolute Gasteiger partial charge is 0.356 e. The molecule has 2 aromatic heterocycles. The summed E-state index contributed by atoms with van der Waals surface area (Å²) in [6, 6.07) is 10.2. The number of benzene rings is 1. The molecule has 0 atom stereocenters. The molecule has 0 aliphatic heterocycles. The second-order valence-corrected chi connectivity index (χ2v) is 8.24. The summed E-state index contributed by atoms with van der Waals surface area (Å²) in [5.41, 5.74) is 4.61. The molecule has 7 heteroatoms. The normalized spacial score (nSPS) is 11.8. The van der Waals surface area contributed by atoms with Crippen LogP contribution in [0.15, 0.2) is 46.9 Å². The van der Waals surface area contributed by atoms with Gasteiger partial charge in [-0.15, -0.1) is 11.3 Å². The van der Waals surface area contributed by atoms with Gasteiger partial charge in [0.1, 0.15) is 5.01 Å². The smallest absolute Gasteiger partial charge is 0.191 e. The number of nitrogens with one attached hydrogen (secondary N) is 2. The van der Waals surface area contributed by atoms with Crippen LogP contribution in [-0.2, 0) is 13.0 Å². The molecular formula is C22H30N6S. The SMILES string of the molecule is CN=C(NCCCc1cn(-c2ccccc2)nc1C)NCc1nc(C(C)C)cs1. The molecule has 0 spiro atoms. The lowest BCUT2D eigenvalue weighted by Gasteiger charge is -2.10. The van der Waals surface area contributed by atoms with Gasteiger partial charge in [0.25, 0.3) is 0 Å². The molecule has 1 aromatic carbocycles. The zero-order chi connectivity index (χ0) is 20.6. The van der Waals surface area contributed by atoms with E-state index in [0.29, 0.717) is 12.5 Å². The van der Waals surface area contributed by atoms with E-state index >= 15 is 0 Å². The van der Waals surface area contributed by atoms with E-state index in [1.165, 1.54) is 5.56 Å². The summed E-state index contributed by atoms with van der Waals surface area (Å²) in [5, 5.41) is 14.6. The van der Waals surface area contributed by atoms with Crippen LogP contribution in [0.5, 0.6) is 0 Å². The first-order chi connectivity index (χ1) is 14.1. The van der Waals surface area contributed by atoms with Gasteiger partial charge in [0.15, 0.2) is 5.96 Å². The van der Waals surface area contributed by atoms with E-state index in [4.69, 9.17) is 0 Å². The molecule has 0 unspecified atom stereocenters. The molecule has 0 aliphatic rings. The zero-order valence-electron chi connectivity index (χ0n) is 17.6. The third kappa shape index (κ3) is 5.90. The van der Waals surface area contributed by atoms with Crippen LogP contribution >= 0.6 is 11.3 Å². The molecule has 0 amide bonds. The molecule has 0 saturated carbocycles. The fourth-order valence-corrected chi connectivity index (χ4v) is 3.89. The van der Waals surface area contributed by atoms with Crippen LogP contribution in [0.25, 0.3) is 5.69 Å². The van der Waals surface area contributed by atoms with Crippen LogP contribution < -0.4 is 10.6 Å². The summed E-state index contributed by atoms with van der Waals surface area (Å²) >= 11 is 1.69. The van der Waals surface area contributed by atoms with E-state index in [-0.39, 0.29) is 0 Å². The van der Waals surface area contributed by atoms with E-state index in [1.54, 1.807) is 18.4 Å². The predicted molar refractivity (Wildman–Crippen MR) is 121 cm³/mol. The Bertz CT molecular complexity index is 926. The number of thiazole rings is 1. The Hall–Kier alpha value is -2.67. The topological polar surface area (TPSA) is 67.1 Å². The van der Waals surface area contributed by atoms with Crippen LogP contribution in [0, 0.1) is 6.92 Å². The number of rotatable bonds is 8. The quantitative estimate of drug-likeness (QED) is 0.334. The van der Waals surface area contributed by atoms with Crippen LogP contribution in [0.2, 0.25) is 0 Å². The Morgan fingerprint density at radius 1 is 1.21 bits per heavy atom. The summed E-state index contributed by atoms with van der Waals surface area (Å²) in [6.45, 7) is 7.95. The molecule has 0 bridgehead atoms. The maximum atomic E-state index is 4.65. The van der Waals surface area contributed by atoms with Crippen molar-refractivity contribution in [2.45, 2.75) is 46.1 Å². The molecule has 29 heavy (non-hydrogen) atoms. The highest BCUT2D eigenvalue weighted by atomic mass is 32.1. The van der Waals surface area contributed by atoms with Crippen LogP contribution in [-0.4, -0.2) is 34.3 Å². The van der Waals surface area contributed by atoms with Crippen molar-refractivity contribution >= 4 is 17.3 Å². The molecule has 3 rings (SSSR count). The molecule has 3 aromatic rings. The van der Waals surface area contributed by atoms with Gasteiger partial charge in [-0.2, -0.15) is 5.10 Å². The van der Waals surface area contributed by atoms with Gasteiger partial charge >= 0.3 is 0 Å². The first-order valence-corrected chi connectivity index (χ1v) is 10.9. The van der Waals surface area contributed by atoms with Crippen molar-refractivity contribution in [3.63, 3.8) is 0 Å². The van der Waals surface area contributed by atoms with Gasteiger partial charge in [0.2, 0.25) is 0 Å². The fourth-order valence-electron chi connectivity index (χ4n) is 2.99. The number of guanidine groups is 1. The third-order valence-electron chi connectivity index (χ3n) is 4.73. The summed E-state index contributed by atoms with van der Waals surface area (Å²) < 4.78 is 1.96. The second-order valence-electron chi connectivity index (χ2n) is 7.30. The van der Waals surface area contributed by atoms with Gasteiger partial charge in [-0.05, 0) is 43.4 Å². The maximum absolute atomic E-state index is 4.65. The number of nitrogens with zero attached hydrogens (tertiary/aromatic N) is 4. The van der Waals surface area contributed by atoms with Crippen LogP contribution in [0.3, 0.4) is 0 Å². The Morgan fingerprint density at radius 3 is 2.69 bits per heavy atom. The molecule has 2 N–H and O–H groups in total. The summed E-state index contributed by atoms with van der Waals surface area (Å²) in [4.78, 5) is 8.96. The summed E-state index contributed by atoms with van der Waals surface area (Å²) in [7, 11) is 1.80. The average Bonchev–Trinajstić information content (AvgIpc) is 3.35. The van der Waals surface area contributed by atoms with E-state index in [2.05, 4.69) is 70.2 Å². The number of para-hydroxylation sites is 1. The van der Waals surface area contributed by atoms with Crippen molar-refractivity contribution in [2.24, 2.45) is 4.99 Å². The number of aliphatic imine (C=N–C) groups is 1. The Balaban J connectivity index is 1.44. The first-order valence-electron chi connectivity index (χ1n) is 10.1. The molecule has 6 nitrogen and oxygen atoms in total. The zero-order valence-corrected chi connectivity index (χ0v) is 18.5. The standard InChI is InChI=1S/C22H30N6S/c1-16(2)20-15-29-21(26-20)13-25-22(23-4)24-12-8-9-18-14-28(27-17(18)3)19-10-6-5-7-11-19/h5-7,10-11,14-16H,8-9,12-13H2,1-4H3,(H2,23,24,25). The van der Waals surface area contributed by atoms with Crippen molar-refractivity contribution in [1.29, 1.82) is 0 Å². The maximum Gasteiger partial charge on any atom is 0.191 e.